The average molecular weight is 294 g/mol. The maximum Gasteiger partial charge on any atom is 0.262 e. The number of carbonyl (C=O) groups excluding carboxylic acids is 1. The number of para-hydroxylation sites is 1. The molecule has 1 amide bonds. The Morgan fingerprint density at radius 1 is 1.23 bits per heavy atom. The second-order valence-electron chi connectivity index (χ2n) is 5.29. The molecule has 0 saturated carbocycles. The average Bonchev–Trinajstić information content (AvgIpc) is 3.11. The van der Waals surface area contributed by atoms with Gasteiger partial charge in [-0.25, -0.2) is 4.68 Å². The van der Waals surface area contributed by atoms with Crippen LogP contribution in [0.15, 0.2) is 47.2 Å². The van der Waals surface area contributed by atoms with E-state index >= 15 is 0 Å². The molecule has 4 rings (SSSR count). The van der Waals surface area contributed by atoms with Crippen molar-refractivity contribution in [2.75, 3.05) is 4.90 Å². The van der Waals surface area contributed by atoms with Crippen LogP contribution in [0.2, 0.25) is 0 Å². The Morgan fingerprint density at radius 3 is 2.91 bits per heavy atom. The molecular formula is C16H14N4O2. The molecule has 2 aromatic heterocycles. The summed E-state index contributed by atoms with van der Waals surface area (Å²) in [7, 11) is 0. The van der Waals surface area contributed by atoms with Crippen LogP contribution in [0.4, 0.5) is 5.69 Å². The molecule has 0 aliphatic carbocycles. The van der Waals surface area contributed by atoms with Crippen molar-refractivity contribution in [3.63, 3.8) is 0 Å². The van der Waals surface area contributed by atoms with E-state index in [0.717, 1.165) is 16.9 Å². The number of anilines is 1. The highest BCUT2D eigenvalue weighted by Crippen LogP contribution is 2.28. The van der Waals surface area contributed by atoms with Gasteiger partial charge in [0, 0.05) is 5.69 Å². The minimum atomic E-state index is -0.0756. The fourth-order valence-electron chi connectivity index (χ4n) is 2.78. The van der Waals surface area contributed by atoms with E-state index in [-0.39, 0.29) is 5.91 Å². The molecule has 1 aliphatic rings. The highest BCUT2D eigenvalue weighted by atomic mass is 16.3. The zero-order chi connectivity index (χ0) is 15.1. The number of carbonyl (C=O) groups is 1. The second-order valence-corrected chi connectivity index (χ2v) is 5.29. The number of nitrogens with zero attached hydrogens (tertiary/aromatic N) is 4. The molecule has 0 atom stereocenters. The number of aromatic nitrogens is 3. The van der Waals surface area contributed by atoms with E-state index in [2.05, 4.69) is 10.3 Å². The van der Waals surface area contributed by atoms with E-state index in [4.69, 9.17) is 4.42 Å². The van der Waals surface area contributed by atoms with E-state index in [1.54, 1.807) is 24.1 Å². The minimum absolute atomic E-state index is 0.0756. The summed E-state index contributed by atoms with van der Waals surface area (Å²) in [5, 5.41) is 8.05. The highest BCUT2D eigenvalue weighted by Gasteiger charge is 2.27. The molecule has 6 heteroatoms. The number of amides is 1. The summed E-state index contributed by atoms with van der Waals surface area (Å²) in [4.78, 5) is 14.7. The zero-order valence-corrected chi connectivity index (χ0v) is 12.1. The molecule has 6 nitrogen and oxygen atoms in total. The first-order chi connectivity index (χ1) is 10.7. The molecular weight excluding hydrogens is 280 g/mol. The van der Waals surface area contributed by atoms with Crippen LogP contribution in [0.3, 0.4) is 0 Å². The molecule has 0 spiro atoms. The van der Waals surface area contributed by atoms with Gasteiger partial charge in [-0.3, -0.25) is 4.79 Å². The predicted molar refractivity (Wildman–Crippen MR) is 79.5 cm³/mol. The smallest absolute Gasteiger partial charge is 0.262 e. The molecule has 0 radical (unpaired) electrons. The van der Waals surface area contributed by atoms with Gasteiger partial charge in [0.1, 0.15) is 5.76 Å². The van der Waals surface area contributed by atoms with Crippen LogP contribution in [0, 0.1) is 6.92 Å². The Bertz CT molecular complexity index is 849. The van der Waals surface area contributed by atoms with Crippen molar-refractivity contribution >= 4 is 11.6 Å². The van der Waals surface area contributed by atoms with Gasteiger partial charge >= 0.3 is 0 Å². The highest BCUT2D eigenvalue weighted by molar-refractivity contribution is 6.07. The van der Waals surface area contributed by atoms with E-state index < -0.39 is 0 Å². The lowest BCUT2D eigenvalue weighted by Crippen LogP contribution is -2.30. The number of aryl methyl sites for hydroxylation is 1. The van der Waals surface area contributed by atoms with Gasteiger partial charge in [0.05, 0.1) is 36.8 Å². The normalized spacial score (nSPS) is 13.4. The van der Waals surface area contributed by atoms with Gasteiger partial charge in [-0.05, 0) is 24.6 Å². The Labute approximate surface area is 127 Å². The number of hydrogen-bond acceptors (Lipinski definition) is 4. The quantitative estimate of drug-likeness (QED) is 0.691. The fourth-order valence-corrected chi connectivity index (χ4v) is 2.78. The van der Waals surface area contributed by atoms with Gasteiger partial charge in [-0.15, -0.1) is 5.10 Å². The second kappa shape index (κ2) is 4.84. The predicted octanol–water partition coefficient (Wildman–Crippen LogP) is 2.39. The molecule has 0 N–H and O–H groups in total. The van der Waals surface area contributed by atoms with E-state index in [1.165, 1.54) is 6.26 Å². The van der Waals surface area contributed by atoms with Crippen LogP contribution in [-0.4, -0.2) is 20.9 Å². The van der Waals surface area contributed by atoms with Crippen molar-refractivity contribution in [3.8, 4) is 0 Å². The zero-order valence-electron chi connectivity index (χ0n) is 12.1. The maximum atomic E-state index is 12.9. The molecule has 1 aliphatic heterocycles. The molecule has 110 valence electrons. The maximum absolute atomic E-state index is 12.9. The number of benzene rings is 1. The van der Waals surface area contributed by atoms with Gasteiger partial charge in [0.15, 0.2) is 0 Å². The van der Waals surface area contributed by atoms with Gasteiger partial charge in [0.25, 0.3) is 5.91 Å². The number of hydrogen-bond donors (Lipinski definition) is 0. The molecule has 3 aromatic rings. The molecule has 0 bridgehead atoms. The third kappa shape index (κ3) is 1.92. The van der Waals surface area contributed by atoms with Gasteiger partial charge < -0.3 is 9.32 Å². The van der Waals surface area contributed by atoms with Crippen molar-refractivity contribution in [2.24, 2.45) is 0 Å². The third-order valence-corrected chi connectivity index (χ3v) is 3.95. The van der Waals surface area contributed by atoms with Crippen LogP contribution in [0.25, 0.3) is 0 Å². The number of furan rings is 1. The topological polar surface area (TPSA) is 64.2 Å². The molecule has 0 saturated heterocycles. The summed E-state index contributed by atoms with van der Waals surface area (Å²) in [6.45, 7) is 2.84. The van der Waals surface area contributed by atoms with Crippen LogP contribution in [0.5, 0.6) is 0 Å². The molecule has 0 fully saturated rings. The third-order valence-electron chi connectivity index (χ3n) is 3.95. The van der Waals surface area contributed by atoms with Crippen molar-refractivity contribution in [3.05, 3.63) is 65.4 Å². The Balaban J connectivity index is 1.84. The Hall–Kier alpha value is -2.89. The Morgan fingerprint density at radius 2 is 2.09 bits per heavy atom. The summed E-state index contributed by atoms with van der Waals surface area (Å²) >= 11 is 0. The summed E-state index contributed by atoms with van der Waals surface area (Å²) in [5.74, 6) is 0.548. The monoisotopic (exact) mass is 294 g/mol. The van der Waals surface area contributed by atoms with E-state index in [1.807, 2.05) is 28.9 Å². The summed E-state index contributed by atoms with van der Waals surface area (Å²) in [6, 6.07) is 9.58. The van der Waals surface area contributed by atoms with Crippen LogP contribution < -0.4 is 4.90 Å². The lowest BCUT2D eigenvalue weighted by atomic mass is 10.1. The number of rotatable bonds is 1. The largest absolute Gasteiger partial charge is 0.469 e. The van der Waals surface area contributed by atoms with Crippen molar-refractivity contribution < 1.29 is 9.21 Å². The molecule has 0 unspecified atom stereocenters. The summed E-state index contributed by atoms with van der Waals surface area (Å²) < 4.78 is 7.10. The fraction of sp³-hybridized carbons (Fsp3) is 0.188. The van der Waals surface area contributed by atoms with Gasteiger partial charge in [-0.2, -0.15) is 0 Å². The SMILES string of the molecule is Cc1occc1C(=O)N1Cc2cnnn2Cc2ccccc21. The standard InChI is InChI=1S/C16H14N4O2/c1-11-14(6-7-22-11)16(21)19-10-13-8-17-18-20(13)9-12-4-2-3-5-15(12)19/h2-8H,9-10H2,1H3. The first kappa shape index (κ1) is 12.8. The first-order valence-electron chi connectivity index (χ1n) is 7.05. The van der Waals surface area contributed by atoms with Gasteiger partial charge in [0.2, 0.25) is 0 Å². The molecule has 1 aromatic carbocycles. The Kier molecular flexibility index (Phi) is 2.82. The minimum Gasteiger partial charge on any atom is -0.469 e. The van der Waals surface area contributed by atoms with Crippen LogP contribution in [-0.2, 0) is 13.1 Å². The lowest BCUT2D eigenvalue weighted by molar-refractivity contribution is 0.0983. The first-order valence-corrected chi connectivity index (χ1v) is 7.05. The summed E-state index contributed by atoms with van der Waals surface area (Å²) in [5.41, 5.74) is 3.43. The van der Waals surface area contributed by atoms with Crippen LogP contribution >= 0.6 is 0 Å². The van der Waals surface area contributed by atoms with Crippen molar-refractivity contribution in [2.45, 2.75) is 20.0 Å². The summed E-state index contributed by atoms with van der Waals surface area (Å²) in [6.07, 6.45) is 3.24. The van der Waals surface area contributed by atoms with E-state index in [9.17, 15) is 4.79 Å². The van der Waals surface area contributed by atoms with Crippen LogP contribution in [0.1, 0.15) is 27.4 Å². The van der Waals surface area contributed by atoms with Gasteiger partial charge in [-0.1, -0.05) is 23.4 Å². The molecule has 3 heterocycles. The van der Waals surface area contributed by atoms with Crippen molar-refractivity contribution in [1.82, 2.24) is 15.0 Å². The van der Waals surface area contributed by atoms with E-state index in [0.29, 0.717) is 24.4 Å². The number of fused-ring (bicyclic) bond motifs is 2. The lowest BCUT2D eigenvalue weighted by Gasteiger charge is -2.22. The molecule has 22 heavy (non-hydrogen) atoms. The van der Waals surface area contributed by atoms with Crippen molar-refractivity contribution in [1.29, 1.82) is 0 Å².